The minimum absolute atomic E-state index is 0.0866. The first kappa shape index (κ1) is 20.7. The first-order valence-corrected chi connectivity index (χ1v) is 11.2. The number of nitrogens with zero attached hydrogens (tertiary/aromatic N) is 2. The van der Waals surface area contributed by atoms with Gasteiger partial charge in [0.2, 0.25) is 0 Å². The summed E-state index contributed by atoms with van der Waals surface area (Å²) in [5.74, 6) is 0.843. The molecule has 1 aliphatic heterocycles. The summed E-state index contributed by atoms with van der Waals surface area (Å²) in [5.41, 5.74) is 4.07. The summed E-state index contributed by atoms with van der Waals surface area (Å²) < 4.78 is 0. The highest BCUT2D eigenvalue weighted by molar-refractivity contribution is 7.98. The van der Waals surface area contributed by atoms with Gasteiger partial charge < -0.3 is 4.90 Å². The quantitative estimate of drug-likeness (QED) is 0.553. The number of carbonyl (C=O) groups is 1. The fraction of sp³-hybridized carbons (Fsp3) is 0.417. The molecule has 2 heterocycles. The summed E-state index contributed by atoms with van der Waals surface area (Å²) in [5, 5.41) is 0. The van der Waals surface area contributed by atoms with Gasteiger partial charge in [0, 0.05) is 23.2 Å². The minimum Gasteiger partial charge on any atom is -0.334 e. The molecular formula is C24H30N2OS. The second-order valence-electron chi connectivity index (χ2n) is 7.35. The molecule has 1 atom stereocenters. The molecular weight excluding hydrogens is 364 g/mol. The lowest BCUT2D eigenvalue weighted by Crippen LogP contribution is -2.43. The van der Waals surface area contributed by atoms with Crippen molar-refractivity contribution in [1.82, 2.24) is 9.88 Å². The zero-order chi connectivity index (χ0) is 19.9. The SMILES string of the molecule is C/C=C\c1c(C)cccc1SCc1cccc(C(=O)N2CCCCC2CC)n1. The van der Waals surface area contributed by atoms with Crippen LogP contribution in [0.15, 0.2) is 47.4 Å². The molecule has 1 aliphatic rings. The van der Waals surface area contributed by atoms with E-state index in [4.69, 9.17) is 4.98 Å². The van der Waals surface area contributed by atoms with Crippen LogP contribution in [-0.2, 0) is 5.75 Å². The van der Waals surface area contributed by atoms with Crippen LogP contribution in [-0.4, -0.2) is 28.4 Å². The van der Waals surface area contributed by atoms with E-state index in [9.17, 15) is 4.79 Å². The third-order valence-electron chi connectivity index (χ3n) is 5.38. The van der Waals surface area contributed by atoms with E-state index < -0.39 is 0 Å². The number of thioether (sulfide) groups is 1. The Bertz CT molecular complexity index is 846. The number of benzene rings is 1. The number of aromatic nitrogens is 1. The molecule has 0 spiro atoms. The van der Waals surface area contributed by atoms with Gasteiger partial charge in [-0.2, -0.15) is 0 Å². The Morgan fingerprint density at radius 1 is 1.25 bits per heavy atom. The van der Waals surface area contributed by atoms with Crippen molar-refractivity contribution in [3.63, 3.8) is 0 Å². The van der Waals surface area contributed by atoms with Gasteiger partial charge in [0.1, 0.15) is 5.69 Å². The fourth-order valence-electron chi connectivity index (χ4n) is 3.83. The molecule has 1 aromatic carbocycles. The smallest absolute Gasteiger partial charge is 0.272 e. The van der Waals surface area contributed by atoms with Crippen molar-refractivity contribution in [3.05, 3.63) is 65.0 Å². The van der Waals surface area contributed by atoms with Crippen LogP contribution in [0.3, 0.4) is 0 Å². The summed E-state index contributed by atoms with van der Waals surface area (Å²) in [6.07, 6.45) is 8.68. The van der Waals surface area contributed by atoms with E-state index in [1.54, 1.807) is 11.8 Å². The third kappa shape index (κ3) is 4.85. The summed E-state index contributed by atoms with van der Waals surface area (Å²) in [6, 6.07) is 12.6. The molecule has 1 unspecified atom stereocenters. The van der Waals surface area contributed by atoms with Crippen LogP contribution in [0, 0.1) is 6.92 Å². The summed E-state index contributed by atoms with van der Waals surface area (Å²) in [7, 11) is 0. The van der Waals surface area contributed by atoms with Gasteiger partial charge in [-0.25, -0.2) is 4.98 Å². The topological polar surface area (TPSA) is 33.2 Å². The van der Waals surface area contributed by atoms with Gasteiger partial charge in [-0.15, -0.1) is 11.8 Å². The highest BCUT2D eigenvalue weighted by Gasteiger charge is 2.26. The number of amides is 1. The van der Waals surface area contributed by atoms with Gasteiger partial charge in [0.15, 0.2) is 0 Å². The van der Waals surface area contributed by atoms with Crippen molar-refractivity contribution in [3.8, 4) is 0 Å². The minimum atomic E-state index is 0.0866. The summed E-state index contributed by atoms with van der Waals surface area (Å²) in [4.78, 5) is 21.0. The molecule has 0 saturated carbocycles. The van der Waals surface area contributed by atoms with Crippen LogP contribution in [0.5, 0.6) is 0 Å². The Balaban J connectivity index is 1.74. The fourth-order valence-corrected chi connectivity index (χ4v) is 4.85. The van der Waals surface area contributed by atoms with Crippen LogP contribution >= 0.6 is 11.8 Å². The Kier molecular flexibility index (Phi) is 7.32. The maximum atomic E-state index is 13.0. The van der Waals surface area contributed by atoms with Crippen molar-refractivity contribution in [2.24, 2.45) is 0 Å². The number of allylic oxidation sites excluding steroid dienone is 1. The normalized spacial score (nSPS) is 17.2. The lowest BCUT2D eigenvalue weighted by atomic mass is 9.99. The molecule has 148 valence electrons. The van der Waals surface area contributed by atoms with E-state index in [1.807, 2.05) is 30.0 Å². The van der Waals surface area contributed by atoms with Gasteiger partial charge in [-0.3, -0.25) is 4.79 Å². The Morgan fingerprint density at radius 2 is 2.07 bits per heavy atom. The predicted octanol–water partition coefficient (Wildman–Crippen LogP) is 6.12. The lowest BCUT2D eigenvalue weighted by Gasteiger charge is -2.35. The molecule has 0 radical (unpaired) electrons. The van der Waals surface area contributed by atoms with Crippen LogP contribution in [0.2, 0.25) is 0 Å². The Labute approximate surface area is 173 Å². The number of aryl methyl sites for hydroxylation is 1. The first-order chi connectivity index (χ1) is 13.6. The van der Waals surface area contributed by atoms with Crippen molar-refractivity contribution >= 4 is 23.7 Å². The van der Waals surface area contributed by atoms with Crippen LogP contribution in [0.4, 0.5) is 0 Å². The van der Waals surface area contributed by atoms with Gasteiger partial charge in [-0.1, -0.05) is 37.3 Å². The average molecular weight is 395 g/mol. The summed E-state index contributed by atoms with van der Waals surface area (Å²) >= 11 is 1.78. The third-order valence-corrected chi connectivity index (χ3v) is 6.49. The zero-order valence-corrected chi connectivity index (χ0v) is 18.0. The molecule has 1 aromatic heterocycles. The lowest BCUT2D eigenvalue weighted by molar-refractivity contribution is 0.0601. The monoisotopic (exact) mass is 394 g/mol. The Hall–Kier alpha value is -2.07. The van der Waals surface area contributed by atoms with E-state index in [0.29, 0.717) is 11.7 Å². The van der Waals surface area contributed by atoms with Crippen LogP contribution in [0.1, 0.15) is 66.8 Å². The maximum absolute atomic E-state index is 13.0. The van der Waals surface area contributed by atoms with Crippen molar-refractivity contribution in [1.29, 1.82) is 0 Å². The number of carbonyl (C=O) groups excluding carboxylic acids is 1. The number of hydrogen-bond donors (Lipinski definition) is 0. The van der Waals surface area contributed by atoms with E-state index in [2.05, 4.69) is 44.2 Å². The number of pyridine rings is 1. The molecule has 1 fully saturated rings. The molecule has 0 bridgehead atoms. The molecule has 4 heteroatoms. The molecule has 0 N–H and O–H groups in total. The van der Waals surface area contributed by atoms with E-state index in [1.165, 1.54) is 22.4 Å². The highest BCUT2D eigenvalue weighted by Crippen LogP contribution is 2.29. The van der Waals surface area contributed by atoms with E-state index in [0.717, 1.165) is 37.3 Å². The highest BCUT2D eigenvalue weighted by atomic mass is 32.2. The van der Waals surface area contributed by atoms with E-state index >= 15 is 0 Å². The largest absolute Gasteiger partial charge is 0.334 e. The number of likely N-dealkylation sites (tertiary alicyclic amines) is 1. The van der Waals surface area contributed by atoms with Crippen LogP contribution < -0.4 is 0 Å². The molecule has 1 amide bonds. The number of piperidine rings is 1. The predicted molar refractivity (Wildman–Crippen MR) is 119 cm³/mol. The molecule has 3 nitrogen and oxygen atoms in total. The zero-order valence-electron chi connectivity index (χ0n) is 17.1. The van der Waals surface area contributed by atoms with Gasteiger partial charge in [-0.05, 0) is 68.9 Å². The maximum Gasteiger partial charge on any atom is 0.272 e. The van der Waals surface area contributed by atoms with Gasteiger partial charge in [0.25, 0.3) is 5.91 Å². The van der Waals surface area contributed by atoms with Gasteiger partial charge in [0.05, 0.1) is 5.69 Å². The Morgan fingerprint density at radius 3 is 2.86 bits per heavy atom. The average Bonchev–Trinajstić information content (AvgIpc) is 2.74. The standard InChI is InChI=1S/C24H30N2OS/c1-4-10-21-18(3)11-8-15-23(21)28-17-19-12-9-14-22(25-19)24(27)26-16-7-6-13-20(26)5-2/h4,8-12,14-15,20H,5-7,13,16-17H2,1-3H3/b10-4-. The second kappa shape index (κ2) is 9.92. The van der Waals surface area contributed by atoms with Crippen molar-refractivity contribution in [2.45, 2.75) is 63.1 Å². The first-order valence-electron chi connectivity index (χ1n) is 10.3. The van der Waals surface area contributed by atoms with Crippen molar-refractivity contribution < 1.29 is 4.79 Å². The number of rotatable bonds is 6. The molecule has 0 aliphatic carbocycles. The molecule has 1 saturated heterocycles. The molecule has 3 rings (SSSR count). The second-order valence-corrected chi connectivity index (χ2v) is 8.36. The number of hydrogen-bond acceptors (Lipinski definition) is 3. The van der Waals surface area contributed by atoms with Crippen molar-refractivity contribution in [2.75, 3.05) is 6.54 Å². The van der Waals surface area contributed by atoms with E-state index in [-0.39, 0.29) is 5.91 Å². The summed E-state index contributed by atoms with van der Waals surface area (Å²) in [6.45, 7) is 7.20. The van der Waals surface area contributed by atoms with Crippen LogP contribution in [0.25, 0.3) is 6.08 Å². The van der Waals surface area contributed by atoms with Gasteiger partial charge >= 0.3 is 0 Å². The molecule has 28 heavy (non-hydrogen) atoms. The molecule has 2 aromatic rings.